The van der Waals surface area contributed by atoms with E-state index in [0.29, 0.717) is 5.75 Å². The number of ether oxygens (including phenoxy) is 4. The molecule has 228 valence electrons. The van der Waals surface area contributed by atoms with E-state index >= 15 is 0 Å². The minimum absolute atomic E-state index is 0.163. The standard InChI is InChI=1S/C32H28O11S/c1-18-10-13-21(14-11-18)44(36,37)43-31-26(34)24-25(33)27(35)30(39-3)32(40-4)29(24)42-28(31)20-12-15-22(23(16-20)38-2)41-17-19-8-6-5-7-9-19/h5-16,33,35H,17H2,1-4H3. The van der Waals surface area contributed by atoms with Gasteiger partial charge in [-0.05, 0) is 42.8 Å². The van der Waals surface area contributed by atoms with Crippen molar-refractivity contribution in [3.8, 4) is 51.6 Å². The Hall–Kier alpha value is -5.36. The predicted octanol–water partition coefficient (Wildman–Crippen LogP) is 5.55. The van der Waals surface area contributed by atoms with E-state index in [4.69, 9.17) is 27.5 Å². The first kappa shape index (κ1) is 30.1. The molecule has 0 unspecified atom stereocenters. The Balaban J connectivity index is 1.73. The topological polar surface area (TPSA) is 151 Å². The lowest BCUT2D eigenvalue weighted by molar-refractivity contribution is 0.284. The molecular weight excluding hydrogens is 592 g/mol. The second-order valence-corrected chi connectivity index (χ2v) is 11.1. The van der Waals surface area contributed by atoms with Gasteiger partial charge in [-0.15, -0.1) is 0 Å². The number of aryl methyl sites for hydroxylation is 1. The van der Waals surface area contributed by atoms with Gasteiger partial charge in [0.25, 0.3) is 0 Å². The van der Waals surface area contributed by atoms with Gasteiger partial charge in [0, 0.05) is 5.56 Å². The molecule has 0 radical (unpaired) electrons. The van der Waals surface area contributed by atoms with Crippen molar-refractivity contribution in [1.29, 1.82) is 0 Å². The molecule has 1 aromatic heterocycles. The molecular formula is C32H28O11S. The van der Waals surface area contributed by atoms with Gasteiger partial charge in [0.15, 0.2) is 28.6 Å². The number of rotatable bonds is 10. The third-order valence-electron chi connectivity index (χ3n) is 6.73. The van der Waals surface area contributed by atoms with Crippen LogP contribution in [0.15, 0.2) is 86.9 Å². The highest BCUT2D eigenvalue weighted by atomic mass is 32.2. The third-order valence-corrected chi connectivity index (χ3v) is 7.97. The predicted molar refractivity (Wildman–Crippen MR) is 161 cm³/mol. The highest BCUT2D eigenvalue weighted by molar-refractivity contribution is 7.87. The van der Waals surface area contributed by atoms with Crippen LogP contribution in [0.1, 0.15) is 11.1 Å². The highest BCUT2D eigenvalue weighted by Gasteiger charge is 2.31. The lowest BCUT2D eigenvalue weighted by Crippen LogP contribution is -2.17. The van der Waals surface area contributed by atoms with Gasteiger partial charge < -0.3 is 37.8 Å². The summed E-state index contributed by atoms with van der Waals surface area (Å²) in [6.07, 6.45) is 0. The Morgan fingerprint density at radius 1 is 0.773 bits per heavy atom. The van der Waals surface area contributed by atoms with Crippen LogP contribution < -0.4 is 28.6 Å². The van der Waals surface area contributed by atoms with Gasteiger partial charge >= 0.3 is 10.1 Å². The molecule has 0 bridgehead atoms. The quantitative estimate of drug-likeness (QED) is 0.149. The number of fused-ring (bicyclic) bond motifs is 1. The largest absolute Gasteiger partial charge is 0.504 e. The zero-order valence-electron chi connectivity index (χ0n) is 24.1. The van der Waals surface area contributed by atoms with Crippen molar-refractivity contribution in [3.05, 3.63) is 94.1 Å². The molecule has 12 heteroatoms. The Morgan fingerprint density at radius 3 is 2.09 bits per heavy atom. The molecule has 0 saturated carbocycles. The van der Waals surface area contributed by atoms with E-state index < -0.39 is 38.2 Å². The maximum atomic E-state index is 13.9. The molecule has 4 aromatic carbocycles. The summed E-state index contributed by atoms with van der Waals surface area (Å²) in [5.41, 5.74) is 0.450. The van der Waals surface area contributed by atoms with Crippen molar-refractivity contribution in [1.82, 2.24) is 0 Å². The molecule has 5 aromatic rings. The molecule has 2 N–H and O–H groups in total. The number of benzene rings is 4. The maximum Gasteiger partial charge on any atom is 0.339 e. The van der Waals surface area contributed by atoms with E-state index in [2.05, 4.69) is 0 Å². The Bertz CT molecular complexity index is 2000. The summed E-state index contributed by atoms with van der Waals surface area (Å²) in [6.45, 7) is 2.02. The van der Waals surface area contributed by atoms with Gasteiger partial charge in [0.2, 0.25) is 28.4 Å². The molecule has 0 saturated heterocycles. The van der Waals surface area contributed by atoms with Crippen molar-refractivity contribution in [3.63, 3.8) is 0 Å². The third kappa shape index (κ3) is 5.54. The SMILES string of the molecule is COc1cc(-c2oc3c(OC)c(OC)c(O)c(O)c3c(=O)c2OS(=O)(=O)c2ccc(C)cc2)ccc1OCc1ccccc1. The molecule has 1 heterocycles. The van der Waals surface area contributed by atoms with Crippen LogP contribution in [0.5, 0.6) is 40.2 Å². The van der Waals surface area contributed by atoms with Gasteiger partial charge in [-0.1, -0.05) is 48.0 Å². The van der Waals surface area contributed by atoms with Gasteiger partial charge in [-0.3, -0.25) is 4.79 Å². The average molecular weight is 621 g/mol. The van der Waals surface area contributed by atoms with Crippen molar-refractivity contribution >= 4 is 21.1 Å². The van der Waals surface area contributed by atoms with Crippen molar-refractivity contribution in [2.24, 2.45) is 0 Å². The normalized spacial score (nSPS) is 11.3. The molecule has 0 amide bonds. The number of phenolic OH excluding ortho intramolecular Hbond substituents is 2. The summed E-state index contributed by atoms with van der Waals surface area (Å²) in [7, 11) is -0.714. The van der Waals surface area contributed by atoms with Crippen LogP contribution in [0.4, 0.5) is 0 Å². The van der Waals surface area contributed by atoms with Gasteiger partial charge in [-0.25, -0.2) is 0 Å². The molecule has 0 aliphatic heterocycles. The number of methoxy groups -OCH3 is 3. The smallest absolute Gasteiger partial charge is 0.339 e. The fourth-order valence-corrected chi connectivity index (χ4v) is 5.43. The van der Waals surface area contributed by atoms with Crippen molar-refractivity contribution < 1.29 is 46.2 Å². The summed E-state index contributed by atoms with van der Waals surface area (Å²) in [6, 6.07) is 19.8. The molecule has 44 heavy (non-hydrogen) atoms. The van der Waals surface area contributed by atoms with Crippen LogP contribution in [0.25, 0.3) is 22.3 Å². The summed E-state index contributed by atoms with van der Waals surface area (Å²) < 4.78 is 60.2. The first-order chi connectivity index (χ1) is 21.1. The van der Waals surface area contributed by atoms with E-state index in [9.17, 15) is 23.4 Å². The van der Waals surface area contributed by atoms with Crippen LogP contribution in [0.2, 0.25) is 0 Å². The van der Waals surface area contributed by atoms with Crippen LogP contribution in [-0.2, 0) is 16.7 Å². The van der Waals surface area contributed by atoms with E-state index in [0.717, 1.165) is 11.1 Å². The Kier molecular flexibility index (Phi) is 8.28. The monoisotopic (exact) mass is 620 g/mol. The van der Waals surface area contributed by atoms with Crippen LogP contribution in [-0.4, -0.2) is 40.0 Å². The first-order valence-electron chi connectivity index (χ1n) is 13.1. The summed E-state index contributed by atoms with van der Waals surface area (Å²) in [4.78, 5) is 13.7. The molecule has 0 fully saturated rings. The first-order valence-corrected chi connectivity index (χ1v) is 14.5. The molecule has 11 nitrogen and oxygen atoms in total. The minimum atomic E-state index is -4.58. The zero-order valence-corrected chi connectivity index (χ0v) is 24.9. The van der Waals surface area contributed by atoms with Gasteiger partial charge in [0.05, 0.1) is 21.3 Å². The summed E-state index contributed by atoms with van der Waals surface area (Å²) in [5.74, 6) is -2.78. The number of aromatic hydroxyl groups is 2. The molecule has 0 aliphatic rings. The van der Waals surface area contributed by atoms with Gasteiger partial charge in [0.1, 0.15) is 16.9 Å². The van der Waals surface area contributed by atoms with E-state index in [1.165, 1.54) is 45.6 Å². The number of hydrogen-bond donors (Lipinski definition) is 2. The second kappa shape index (κ2) is 12.1. The van der Waals surface area contributed by atoms with Crippen molar-refractivity contribution in [2.45, 2.75) is 18.4 Å². The van der Waals surface area contributed by atoms with Crippen molar-refractivity contribution in [2.75, 3.05) is 21.3 Å². The summed E-state index contributed by atoms with van der Waals surface area (Å²) in [5, 5.41) is 20.7. The highest BCUT2D eigenvalue weighted by Crippen LogP contribution is 2.50. The zero-order chi connectivity index (χ0) is 31.6. The maximum absolute atomic E-state index is 13.9. The fourth-order valence-electron chi connectivity index (χ4n) is 4.50. The number of hydrogen-bond acceptors (Lipinski definition) is 11. The van der Waals surface area contributed by atoms with E-state index in [1.54, 1.807) is 25.1 Å². The Morgan fingerprint density at radius 2 is 1.45 bits per heavy atom. The summed E-state index contributed by atoms with van der Waals surface area (Å²) >= 11 is 0. The van der Waals surface area contributed by atoms with Gasteiger partial charge in [-0.2, -0.15) is 8.42 Å². The van der Waals surface area contributed by atoms with E-state index in [-0.39, 0.29) is 45.7 Å². The molecule has 0 aliphatic carbocycles. The van der Waals surface area contributed by atoms with Crippen LogP contribution in [0, 0.1) is 6.92 Å². The minimum Gasteiger partial charge on any atom is -0.504 e. The second-order valence-electron chi connectivity index (χ2n) is 9.55. The lowest BCUT2D eigenvalue weighted by atomic mass is 10.1. The lowest BCUT2D eigenvalue weighted by Gasteiger charge is -2.17. The Labute approximate surface area is 252 Å². The number of phenols is 2. The van der Waals surface area contributed by atoms with Crippen LogP contribution in [0.3, 0.4) is 0 Å². The van der Waals surface area contributed by atoms with Crippen LogP contribution >= 0.6 is 0 Å². The molecule has 0 spiro atoms. The molecule has 0 atom stereocenters. The van der Waals surface area contributed by atoms with E-state index in [1.807, 2.05) is 30.3 Å². The fraction of sp³-hybridized carbons (Fsp3) is 0.156. The average Bonchev–Trinajstić information content (AvgIpc) is 3.03. The molecule has 5 rings (SSSR count).